The SMILES string of the molecule is CN(C)c1cccc(NC(=O)c2cccc(F)c2NN)c1. The van der Waals surface area contributed by atoms with Crippen LogP contribution in [0.5, 0.6) is 0 Å². The van der Waals surface area contributed by atoms with Gasteiger partial charge in [-0.1, -0.05) is 12.1 Å². The molecule has 0 saturated carbocycles. The summed E-state index contributed by atoms with van der Waals surface area (Å²) in [7, 11) is 3.81. The lowest BCUT2D eigenvalue weighted by atomic mass is 10.1. The molecule has 5 nitrogen and oxygen atoms in total. The predicted octanol–water partition coefficient (Wildman–Crippen LogP) is 2.43. The number of anilines is 3. The van der Waals surface area contributed by atoms with E-state index in [9.17, 15) is 9.18 Å². The molecule has 2 aromatic rings. The Morgan fingerprint density at radius 1 is 1.19 bits per heavy atom. The molecule has 6 heteroatoms. The van der Waals surface area contributed by atoms with Gasteiger partial charge in [0.15, 0.2) is 0 Å². The number of amides is 1. The summed E-state index contributed by atoms with van der Waals surface area (Å²) in [6.07, 6.45) is 0. The number of carbonyl (C=O) groups excluding carboxylic acids is 1. The lowest BCUT2D eigenvalue weighted by Crippen LogP contribution is -2.18. The van der Waals surface area contributed by atoms with E-state index in [0.29, 0.717) is 5.69 Å². The molecule has 0 heterocycles. The van der Waals surface area contributed by atoms with Gasteiger partial charge in [-0.25, -0.2) is 4.39 Å². The van der Waals surface area contributed by atoms with Gasteiger partial charge >= 0.3 is 0 Å². The monoisotopic (exact) mass is 288 g/mol. The molecule has 2 aromatic carbocycles. The Morgan fingerprint density at radius 3 is 2.57 bits per heavy atom. The van der Waals surface area contributed by atoms with Gasteiger partial charge in [-0.05, 0) is 30.3 Å². The second-order valence-corrected chi connectivity index (χ2v) is 4.71. The number of hydrogen-bond acceptors (Lipinski definition) is 4. The van der Waals surface area contributed by atoms with Crippen molar-refractivity contribution in [3.05, 3.63) is 53.8 Å². The topological polar surface area (TPSA) is 70.4 Å². The van der Waals surface area contributed by atoms with Gasteiger partial charge in [-0.2, -0.15) is 0 Å². The number of hydrogen-bond donors (Lipinski definition) is 3. The Balaban J connectivity index is 2.26. The van der Waals surface area contributed by atoms with E-state index in [-0.39, 0.29) is 11.3 Å². The number of nitrogens with one attached hydrogen (secondary N) is 2. The molecule has 21 heavy (non-hydrogen) atoms. The summed E-state index contributed by atoms with van der Waals surface area (Å²) in [5.74, 6) is 4.26. The minimum absolute atomic E-state index is 0.0289. The molecular formula is C15H17FN4O. The van der Waals surface area contributed by atoms with Crippen LogP contribution < -0.4 is 21.5 Å². The van der Waals surface area contributed by atoms with Crippen molar-refractivity contribution in [2.45, 2.75) is 0 Å². The highest BCUT2D eigenvalue weighted by atomic mass is 19.1. The normalized spacial score (nSPS) is 10.1. The van der Waals surface area contributed by atoms with Crippen molar-refractivity contribution < 1.29 is 9.18 Å². The van der Waals surface area contributed by atoms with E-state index >= 15 is 0 Å². The van der Waals surface area contributed by atoms with Crippen molar-refractivity contribution in [3.8, 4) is 0 Å². The lowest BCUT2D eigenvalue weighted by molar-refractivity contribution is 0.102. The van der Waals surface area contributed by atoms with E-state index in [4.69, 9.17) is 5.84 Å². The van der Waals surface area contributed by atoms with Crippen LogP contribution in [0.15, 0.2) is 42.5 Å². The highest BCUT2D eigenvalue weighted by Gasteiger charge is 2.14. The van der Waals surface area contributed by atoms with Crippen molar-refractivity contribution >= 4 is 23.0 Å². The molecule has 0 fully saturated rings. The van der Waals surface area contributed by atoms with Gasteiger partial charge in [0.05, 0.1) is 11.3 Å². The Morgan fingerprint density at radius 2 is 1.90 bits per heavy atom. The third-order valence-corrected chi connectivity index (χ3v) is 3.02. The lowest BCUT2D eigenvalue weighted by Gasteiger charge is -2.14. The Labute approximate surface area is 122 Å². The van der Waals surface area contributed by atoms with Crippen LogP contribution in [0.1, 0.15) is 10.4 Å². The average molecular weight is 288 g/mol. The summed E-state index contributed by atoms with van der Waals surface area (Å²) < 4.78 is 13.6. The summed E-state index contributed by atoms with van der Waals surface area (Å²) in [4.78, 5) is 14.2. The molecule has 0 aliphatic rings. The maximum absolute atomic E-state index is 13.6. The summed E-state index contributed by atoms with van der Waals surface area (Å²) in [6.45, 7) is 0. The molecule has 0 aromatic heterocycles. The Kier molecular flexibility index (Phi) is 4.39. The van der Waals surface area contributed by atoms with Crippen LogP contribution in [0.25, 0.3) is 0 Å². The van der Waals surface area contributed by atoms with Crippen molar-refractivity contribution in [2.24, 2.45) is 5.84 Å². The molecular weight excluding hydrogens is 271 g/mol. The van der Waals surface area contributed by atoms with Gasteiger partial charge < -0.3 is 15.6 Å². The van der Waals surface area contributed by atoms with Gasteiger partial charge in [0, 0.05) is 25.5 Å². The zero-order valence-electron chi connectivity index (χ0n) is 11.9. The zero-order chi connectivity index (χ0) is 15.4. The average Bonchev–Trinajstić information content (AvgIpc) is 2.47. The number of nitrogens with two attached hydrogens (primary N) is 1. The van der Waals surface area contributed by atoms with E-state index in [1.54, 1.807) is 6.07 Å². The van der Waals surface area contributed by atoms with Crippen LogP contribution in [0.3, 0.4) is 0 Å². The Hall–Kier alpha value is -2.60. The van der Waals surface area contributed by atoms with Crippen LogP contribution in [0.2, 0.25) is 0 Å². The van der Waals surface area contributed by atoms with Crippen LogP contribution in [-0.4, -0.2) is 20.0 Å². The maximum Gasteiger partial charge on any atom is 0.257 e. The molecule has 1 amide bonds. The molecule has 0 radical (unpaired) electrons. The molecule has 0 atom stereocenters. The fourth-order valence-electron chi connectivity index (χ4n) is 1.92. The minimum Gasteiger partial charge on any atom is -0.378 e. The van der Waals surface area contributed by atoms with Crippen molar-refractivity contribution in [1.82, 2.24) is 0 Å². The first kappa shape index (κ1) is 14.8. The second-order valence-electron chi connectivity index (χ2n) is 4.71. The van der Waals surface area contributed by atoms with E-state index < -0.39 is 11.7 Å². The predicted molar refractivity (Wildman–Crippen MR) is 82.9 cm³/mol. The third kappa shape index (κ3) is 3.29. The van der Waals surface area contributed by atoms with Gasteiger partial charge in [0.2, 0.25) is 0 Å². The summed E-state index contributed by atoms with van der Waals surface area (Å²) in [5.41, 5.74) is 3.91. The fourth-order valence-corrected chi connectivity index (χ4v) is 1.92. The molecule has 0 aliphatic carbocycles. The first-order valence-corrected chi connectivity index (χ1v) is 6.37. The fraction of sp³-hybridized carbons (Fsp3) is 0.133. The molecule has 0 bridgehead atoms. The first-order valence-electron chi connectivity index (χ1n) is 6.37. The van der Waals surface area contributed by atoms with E-state index in [1.807, 2.05) is 37.2 Å². The van der Waals surface area contributed by atoms with Gasteiger partial charge in [-0.3, -0.25) is 10.6 Å². The quantitative estimate of drug-likeness (QED) is 0.597. The zero-order valence-corrected chi connectivity index (χ0v) is 11.9. The van der Waals surface area contributed by atoms with Crippen LogP contribution in [0, 0.1) is 5.82 Å². The largest absolute Gasteiger partial charge is 0.378 e. The van der Waals surface area contributed by atoms with E-state index in [2.05, 4.69) is 10.7 Å². The van der Waals surface area contributed by atoms with Crippen molar-refractivity contribution in [1.29, 1.82) is 0 Å². The summed E-state index contributed by atoms with van der Waals surface area (Å²) >= 11 is 0. The van der Waals surface area contributed by atoms with Gasteiger partial charge in [0.1, 0.15) is 5.82 Å². The number of nitrogens with zero attached hydrogens (tertiary/aromatic N) is 1. The maximum atomic E-state index is 13.6. The minimum atomic E-state index is -0.577. The number of para-hydroxylation sites is 1. The van der Waals surface area contributed by atoms with E-state index in [0.717, 1.165) is 5.69 Å². The third-order valence-electron chi connectivity index (χ3n) is 3.02. The molecule has 0 spiro atoms. The van der Waals surface area contributed by atoms with Crippen LogP contribution in [0.4, 0.5) is 21.5 Å². The summed E-state index contributed by atoms with van der Waals surface area (Å²) in [6, 6.07) is 11.5. The molecule has 110 valence electrons. The highest BCUT2D eigenvalue weighted by molar-refractivity contribution is 6.08. The summed E-state index contributed by atoms with van der Waals surface area (Å²) in [5, 5.41) is 2.73. The van der Waals surface area contributed by atoms with Crippen molar-refractivity contribution in [2.75, 3.05) is 29.7 Å². The standard InChI is InChI=1S/C15H17FN4O/c1-20(2)11-6-3-5-10(9-11)18-15(21)12-7-4-8-13(16)14(12)19-17/h3-9,19H,17H2,1-2H3,(H,18,21). The molecule has 0 aliphatic heterocycles. The molecule has 2 rings (SSSR count). The molecule has 0 unspecified atom stereocenters. The molecule has 4 N–H and O–H groups in total. The number of rotatable bonds is 4. The van der Waals surface area contributed by atoms with Gasteiger partial charge in [0.25, 0.3) is 5.91 Å². The number of nitrogen functional groups attached to an aromatic ring is 1. The van der Waals surface area contributed by atoms with Crippen LogP contribution in [-0.2, 0) is 0 Å². The van der Waals surface area contributed by atoms with Gasteiger partial charge in [-0.15, -0.1) is 0 Å². The number of hydrazine groups is 1. The van der Waals surface area contributed by atoms with E-state index in [1.165, 1.54) is 18.2 Å². The Bertz CT molecular complexity index is 658. The number of halogens is 1. The number of carbonyl (C=O) groups is 1. The van der Waals surface area contributed by atoms with Crippen LogP contribution >= 0.6 is 0 Å². The van der Waals surface area contributed by atoms with Crippen molar-refractivity contribution in [3.63, 3.8) is 0 Å². The first-order chi connectivity index (χ1) is 10.0. The molecule has 0 saturated heterocycles. The number of benzene rings is 2. The smallest absolute Gasteiger partial charge is 0.257 e. The second kappa shape index (κ2) is 6.23. The highest BCUT2D eigenvalue weighted by Crippen LogP contribution is 2.22.